The number of aromatic nitrogens is 1. The highest BCUT2D eigenvalue weighted by Crippen LogP contribution is 2.33. The summed E-state index contributed by atoms with van der Waals surface area (Å²) < 4.78 is 30.3. The van der Waals surface area contributed by atoms with Crippen molar-refractivity contribution in [1.29, 1.82) is 0 Å². The third kappa shape index (κ3) is 5.23. The van der Waals surface area contributed by atoms with Crippen molar-refractivity contribution in [3.63, 3.8) is 0 Å². The summed E-state index contributed by atoms with van der Waals surface area (Å²) in [5, 5.41) is 0.485. The van der Waals surface area contributed by atoms with Crippen LogP contribution in [0.3, 0.4) is 0 Å². The van der Waals surface area contributed by atoms with E-state index in [2.05, 4.69) is 23.7 Å². The molecule has 1 amide bonds. The molecule has 7 nitrogen and oxygen atoms in total. The van der Waals surface area contributed by atoms with Gasteiger partial charge in [0.2, 0.25) is 0 Å². The molecule has 0 aliphatic carbocycles. The number of rotatable bonds is 9. The summed E-state index contributed by atoms with van der Waals surface area (Å²) in [7, 11) is -1.86. The summed E-state index contributed by atoms with van der Waals surface area (Å²) in [4.78, 5) is 22.0. The number of sulfone groups is 1. The molecule has 0 fully saturated rings. The van der Waals surface area contributed by atoms with E-state index in [0.717, 1.165) is 17.8 Å². The monoisotopic (exact) mass is 461 g/mol. The molecule has 2 aromatic carbocycles. The van der Waals surface area contributed by atoms with E-state index >= 15 is 0 Å². The molecule has 166 valence electrons. The van der Waals surface area contributed by atoms with Gasteiger partial charge >= 0.3 is 0 Å². The Bertz CT molecular complexity index is 1150. The maximum atomic E-state index is 13.4. The summed E-state index contributed by atoms with van der Waals surface area (Å²) in [6.07, 6.45) is 1.17. The second-order valence-corrected chi connectivity index (χ2v) is 10.1. The second kappa shape index (κ2) is 9.76. The zero-order valence-electron chi connectivity index (χ0n) is 18.2. The van der Waals surface area contributed by atoms with Gasteiger partial charge in [-0.2, -0.15) is 0 Å². The molecule has 0 spiro atoms. The van der Waals surface area contributed by atoms with E-state index in [9.17, 15) is 13.2 Å². The fourth-order valence-corrected chi connectivity index (χ4v) is 5.20. The fourth-order valence-electron chi connectivity index (χ4n) is 3.28. The van der Waals surface area contributed by atoms with Gasteiger partial charge in [0, 0.05) is 24.9 Å². The first-order valence-electron chi connectivity index (χ1n) is 10.1. The van der Waals surface area contributed by atoms with Crippen LogP contribution in [0, 0.1) is 0 Å². The number of anilines is 1. The molecular formula is C22H27N3O4S2. The Balaban J connectivity index is 2.03. The minimum Gasteiger partial charge on any atom is -0.497 e. The number of fused-ring (bicyclic) bond motifs is 1. The third-order valence-electron chi connectivity index (χ3n) is 5.12. The Kier molecular flexibility index (Phi) is 7.30. The van der Waals surface area contributed by atoms with E-state index in [0.29, 0.717) is 35.1 Å². The third-order valence-corrected chi connectivity index (χ3v) is 7.29. The number of hydrogen-bond donors (Lipinski definition) is 0. The molecule has 3 rings (SSSR count). The topological polar surface area (TPSA) is 79.8 Å². The average Bonchev–Trinajstić information content (AvgIpc) is 3.19. The van der Waals surface area contributed by atoms with Gasteiger partial charge in [-0.1, -0.05) is 31.3 Å². The minimum atomic E-state index is -3.44. The Morgan fingerprint density at radius 2 is 1.74 bits per heavy atom. The average molecular weight is 462 g/mol. The molecule has 1 heterocycles. The lowest BCUT2D eigenvalue weighted by molar-refractivity contribution is 0.0983. The van der Waals surface area contributed by atoms with E-state index in [-0.39, 0.29) is 10.8 Å². The number of carbonyl (C=O) groups is 1. The van der Waals surface area contributed by atoms with Gasteiger partial charge < -0.3 is 9.64 Å². The summed E-state index contributed by atoms with van der Waals surface area (Å²) in [6, 6.07) is 12.0. The van der Waals surface area contributed by atoms with Gasteiger partial charge in [0.1, 0.15) is 11.3 Å². The molecule has 0 radical (unpaired) electrons. The van der Waals surface area contributed by atoms with Crippen LogP contribution in [-0.4, -0.2) is 63.8 Å². The summed E-state index contributed by atoms with van der Waals surface area (Å²) in [5.41, 5.74) is 0.920. The van der Waals surface area contributed by atoms with E-state index in [1.54, 1.807) is 48.4 Å². The first-order chi connectivity index (χ1) is 14.8. The fraction of sp³-hybridized carbons (Fsp3) is 0.364. The molecule has 0 unspecified atom stereocenters. The summed E-state index contributed by atoms with van der Waals surface area (Å²) in [6.45, 7) is 7.03. The summed E-state index contributed by atoms with van der Waals surface area (Å²) in [5.74, 6) is 0.485. The second-order valence-electron chi connectivity index (χ2n) is 7.08. The van der Waals surface area contributed by atoms with Gasteiger partial charge in [-0.15, -0.1) is 0 Å². The largest absolute Gasteiger partial charge is 0.497 e. The normalized spacial score (nSPS) is 11.8. The van der Waals surface area contributed by atoms with Crippen molar-refractivity contribution in [3.8, 4) is 5.75 Å². The standard InChI is InChI=1S/C22H27N3O4S2/c1-5-24(6-2)14-15-25(21(26)16-10-12-17(29-3)13-11-16)22-23-20-18(30-22)8-7-9-19(20)31(4,27)28/h7-13H,5-6,14-15H2,1-4H3. The zero-order valence-corrected chi connectivity index (χ0v) is 19.8. The van der Waals surface area contributed by atoms with Crippen LogP contribution >= 0.6 is 11.3 Å². The number of hydrogen-bond acceptors (Lipinski definition) is 7. The zero-order chi connectivity index (χ0) is 22.6. The molecule has 31 heavy (non-hydrogen) atoms. The van der Waals surface area contributed by atoms with Crippen molar-refractivity contribution in [1.82, 2.24) is 9.88 Å². The highest BCUT2D eigenvalue weighted by molar-refractivity contribution is 7.91. The van der Waals surface area contributed by atoms with Crippen LogP contribution in [0.15, 0.2) is 47.4 Å². The number of benzene rings is 2. The molecule has 0 saturated carbocycles. The van der Waals surface area contributed by atoms with Crippen LogP contribution in [0.4, 0.5) is 5.13 Å². The molecule has 0 aliphatic rings. The van der Waals surface area contributed by atoms with Gasteiger partial charge in [-0.05, 0) is 49.5 Å². The highest BCUT2D eigenvalue weighted by Gasteiger charge is 2.24. The SMILES string of the molecule is CCN(CC)CCN(C(=O)c1ccc(OC)cc1)c1nc2c(S(C)(=O)=O)cccc2s1. The van der Waals surface area contributed by atoms with E-state index < -0.39 is 9.84 Å². The Morgan fingerprint density at radius 1 is 1.06 bits per heavy atom. The van der Waals surface area contributed by atoms with Crippen LogP contribution in [-0.2, 0) is 9.84 Å². The van der Waals surface area contributed by atoms with Crippen molar-refractivity contribution in [2.45, 2.75) is 18.7 Å². The Hall–Kier alpha value is -2.49. The van der Waals surface area contributed by atoms with Crippen LogP contribution in [0.1, 0.15) is 24.2 Å². The van der Waals surface area contributed by atoms with Crippen LogP contribution in [0.2, 0.25) is 0 Å². The van der Waals surface area contributed by atoms with E-state index in [4.69, 9.17) is 4.74 Å². The minimum absolute atomic E-state index is 0.174. The number of ether oxygens (including phenoxy) is 1. The Labute approximate surface area is 187 Å². The number of methoxy groups -OCH3 is 1. The van der Waals surface area contributed by atoms with Crippen molar-refractivity contribution in [2.24, 2.45) is 0 Å². The number of nitrogens with zero attached hydrogens (tertiary/aromatic N) is 3. The van der Waals surface area contributed by atoms with E-state index in [1.807, 2.05) is 6.07 Å². The lowest BCUT2D eigenvalue weighted by Gasteiger charge is -2.24. The smallest absolute Gasteiger partial charge is 0.260 e. The molecule has 9 heteroatoms. The lowest BCUT2D eigenvalue weighted by atomic mass is 10.2. The molecule has 0 bridgehead atoms. The molecule has 0 saturated heterocycles. The number of amides is 1. The van der Waals surface area contributed by atoms with Crippen LogP contribution in [0.5, 0.6) is 5.75 Å². The van der Waals surface area contributed by atoms with Gasteiger partial charge in [0.25, 0.3) is 5.91 Å². The maximum absolute atomic E-state index is 13.4. The van der Waals surface area contributed by atoms with Gasteiger partial charge in [-0.3, -0.25) is 9.69 Å². The predicted octanol–water partition coefficient (Wildman–Crippen LogP) is 3.70. The molecule has 0 N–H and O–H groups in total. The molecule has 1 aromatic heterocycles. The van der Waals surface area contributed by atoms with Crippen molar-refractivity contribution in [3.05, 3.63) is 48.0 Å². The first-order valence-corrected chi connectivity index (χ1v) is 12.8. The maximum Gasteiger partial charge on any atom is 0.260 e. The Morgan fingerprint density at radius 3 is 2.32 bits per heavy atom. The van der Waals surface area contributed by atoms with Crippen molar-refractivity contribution in [2.75, 3.05) is 44.4 Å². The van der Waals surface area contributed by atoms with Gasteiger partial charge in [0.05, 0.1) is 16.7 Å². The van der Waals surface area contributed by atoms with Crippen molar-refractivity contribution >= 4 is 42.4 Å². The number of carbonyl (C=O) groups excluding carboxylic acids is 1. The highest BCUT2D eigenvalue weighted by atomic mass is 32.2. The number of likely N-dealkylation sites (N-methyl/N-ethyl adjacent to an activating group) is 1. The van der Waals surface area contributed by atoms with Gasteiger partial charge in [0.15, 0.2) is 15.0 Å². The summed E-state index contributed by atoms with van der Waals surface area (Å²) >= 11 is 1.32. The van der Waals surface area contributed by atoms with Gasteiger partial charge in [-0.25, -0.2) is 13.4 Å². The lowest BCUT2D eigenvalue weighted by Crippen LogP contribution is -2.38. The quantitative estimate of drug-likeness (QED) is 0.483. The predicted molar refractivity (Wildman–Crippen MR) is 125 cm³/mol. The van der Waals surface area contributed by atoms with Crippen molar-refractivity contribution < 1.29 is 17.9 Å². The molecular weight excluding hydrogens is 434 g/mol. The molecule has 3 aromatic rings. The molecule has 0 atom stereocenters. The number of thiazole rings is 1. The van der Waals surface area contributed by atoms with Crippen LogP contribution in [0.25, 0.3) is 10.2 Å². The van der Waals surface area contributed by atoms with Crippen LogP contribution < -0.4 is 9.64 Å². The first kappa shape index (κ1) is 23.2. The van der Waals surface area contributed by atoms with E-state index in [1.165, 1.54) is 17.6 Å². The molecule has 0 aliphatic heterocycles. The number of para-hydroxylation sites is 1.